The second kappa shape index (κ2) is 5.42. The fourth-order valence-electron chi connectivity index (χ4n) is 1.33. The van der Waals surface area contributed by atoms with Gasteiger partial charge in [0.25, 0.3) is 5.56 Å². The largest absolute Gasteiger partial charge is 0.420 e. The molecule has 0 saturated heterocycles. The summed E-state index contributed by atoms with van der Waals surface area (Å²) in [6, 6.07) is 7.19. The van der Waals surface area contributed by atoms with Crippen LogP contribution in [0.2, 0.25) is 10.0 Å². The van der Waals surface area contributed by atoms with E-state index in [1.54, 1.807) is 12.1 Å². The van der Waals surface area contributed by atoms with Gasteiger partial charge in [-0.25, -0.2) is 9.48 Å². The van der Waals surface area contributed by atoms with Crippen LogP contribution in [-0.2, 0) is 7.05 Å². The zero-order chi connectivity index (χ0) is 14.0. The fourth-order valence-corrected chi connectivity index (χ4v) is 1.66. The summed E-state index contributed by atoms with van der Waals surface area (Å²) in [5, 5.41) is 4.19. The summed E-state index contributed by atoms with van der Waals surface area (Å²) < 4.78 is 6.11. The minimum absolute atomic E-state index is 0.00172. The molecule has 98 valence electrons. The molecule has 0 aliphatic rings. The Bertz CT molecular complexity index is 698. The van der Waals surface area contributed by atoms with E-state index >= 15 is 0 Å². The van der Waals surface area contributed by atoms with Gasteiger partial charge in [-0.15, -0.1) is 0 Å². The predicted molar refractivity (Wildman–Crippen MR) is 70.9 cm³/mol. The molecule has 1 aromatic carbocycles. The Morgan fingerprint density at radius 3 is 2.68 bits per heavy atom. The Hall–Kier alpha value is -1.85. The molecule has 2 rings (SSSR count). The average molecular weight is 299 g/mol. The third-order valence-corrected chi connectivity index (χ3v) is 3.09. The van der Waals surface area contributed by atoms with Crippen LogP contribution in [0, 0.1) is 0 Å². The van der Waals surface area contributed by atoms with Crippen LogP contribution in [0.5, 0.6) is 5.75 Å². The number of carbonyl (C=O) groups is 1. The minimum Gasteiger partial charge on any atom is -0.420 e. The summed E-state index contributed by atoms with van der Waals surface area (Å²) in [7, 11) is 1.44. The van der Waals surface area contributed by atoms with Crippen molar-refractivity contribution < 1.29 is 9.53 Å². The number of carbonyl (C=O) groups excluding carboxylic acids is 1. The number of aromatic nitrogens is 2. The highest BCUT2D eigenvalue weighted by Crippen LogP contribution is 2.31. The van der Waals surface area contributed by atoms with Gasteiger partial charge in [0.05, 0.1) is 5.02 Å². The molecule has 19 heavy (non-hydrogen) atoms. The number of benzene rings is 1. The smallest absolute Gasteiger partial charge is 0.364 e. The van der Waals surface area contributed by atoms with Crippen molar-refractivity contribution in [3.8, 4) is 5.75 Å². The second-order valence-corrected chi connectivity index (χ2v) is 4.41. The van der Waals surface area contributed by atoms with Gasteiger partial charge in [0, 0.05) is 13.1 Å². The maximum atomic E-state index is 11.8. The molecule has 0 atom stereocenters. The molecular formula is C12H8Cl2N2O3. The molecular weight excluding hydrogens is 291 g/mol. The number of nitrogens with zero attached hydrogens (tertiary/aromatic N) is 2. The summed E-state index contributed by atoms with van der Waals surface area (Å²) in [4.78, 5) is 23.0. The molecule has 0 N–H and O–H groups in total. The molecule has 0 bridgehead atoms. The van der Waals surface area contributed by atoms with Crippen LogP contribution in [0.15, 0.2) is 35.1 Å². The van der Waals surface area contributed by atoms with Crippen LogP contribution in [0.4, 0.5) is 0 Å². The second-order valence-electron chi connectivity index (χ2n) is 3.62. The van der Waals surface area contributed by atoms with E-state index in [1.807, 2.05) is 0 Å². The molecule has 7 heteroatoms. The van der Waals surface area contributed by atoms with Crippen molar-refractivity contribution in [2.45, 2.75) is 0 Å². The van der Waals surface area contributed by atoms with Gasteiger partial charge in [-0.05, 0) is 18.2 Å². The van der Waals surface area contributed by atoms with E-state index in [0.29, 0.717) is 0 Å². The van der Waals surface area contributed by atoms with Crippen molar-refractivity contribution in [3.05, 3.63) is 56.4 Å². The van der Waals surface area contributed by atoms with Crippen molar-refractivity contribution in [1.29, 1.82) is 0 Å². The molecule has 0 saturated carbocycles. The van der Waals surface area contributed by atoms with Gasteiger partial charge >= 0.3 is 5.97 Å². The molecule has 0 spiro atoms. The van der Waals surface area contributed by atoms with Crippen LogP contribution in [-0.4, -0.2) is 15.7 Å². The maximum absolute atomic E-state index is 11.8. The Kier molecular flexibility index (Phi) is 3.87. The number of esters is 1. The van der Waals surface area contributed by atoms with E-state index in [-0.39, 0.29) is 27.0 Å². The highest BCUT2D eigenvalue weighted by molar-refractivity contribution is 6.43. The Morgan fingerprint density at radius 1 is 1.26 bits per heavy atom. The molecule has 1 heterocycles. The highest BCUT2D eigenvalue weighted by Gasteiger charge is 2.14. The zero-order valence-corrected chi connectivity index (χ0v) is 11.3. The number of aryl methyl sites for hydroxylation is 1. The van der Waals surface area contributed by atoms with E-state index in [2.05, 4.69) is 5.10 Å². The minimum atomic E-state index is -0.722. The normalized spacial score (nSPS) is 10.3. The van der Waals surface area contributed by atoms with Crippen molar-refractivity contribution in [3.63, 3.8) is 0 Å². The zero-order valence-electron chi connectivity index (χ0n) is 9.76. The Labute approximate surface area is 118 Å². The summed E-state index contributed by atoms with van der Waals surface area (Å²) in [6.07, 6.45) is 0. The van der Waals surface area contributed by atoms with Crippen molar-refractivity contribution in [2.75, 3.05) is 0 Å². The molecule has 0 aliphatic carbocycles. The standard InChI is InChI=1S/C12H8Cl2N2O3/c1-16-10(17)6-5-8(15-16)12(18)19-9-4-2-3-7(13)11(9)14/h2-6H,1H3. The number of hydrogen-bond donors (Lipinski definition) is 0. The van der Waals surface area contributed by atoms with Crippen LogP contribution >= 0.6 is 23.2 Å². The SMILES string of the molecule is Cn1nc(C(=O)Oc2cccc(Cl)c2Cl)ccc1=O. The molecule has 0 unspecified atom stereocenters. The van der Waals surface area contributed by atoms with Gasteiger partial charge < -0.3 is 4.74 Å². The van der Waals surface area contributed by atoms with Gasteiger partial charge in [-0.1, -0.05) is 29.3 Å². The Morgan fingerprint density at radius 2 is 2.00 bits per heavy atom. The summed E-state index contributed by atoms with van der Waals surface area (Å²) in [5.74, 6) is -0.588. The lowest BCUT2D eigenvalue weighted by Crippen LogP contribution is -2.22. The predicted octanol–water partition coefficient (Wildman–Crippen LogP) is 2.31. The number of hydrogen-bond acceptors (Lipinski definition) is 4. The third-order valence-electron chi connectivity index (χ3n) is 2.29. The van der Waals surface area contributed by atoms with Gasteiger partial charge in [0.1, 0.15) is 5.02 Å². The van der Waals surface area contributed by atoms with Gasteiger partial charge in [-0.2, -0.15) is 5.10 Å². The topological polar surface area (TPSA) is 61.2 Å². The van der Waals surface area contributed by atoms with E-state index < -0.39 is 5.97 Å². The van der Waals surface area contributed by atoms with Crippen molar-refractivity contribution in [1.82, 2.24) is 9.78 Å². The van der Waals surface area contributed by atoms with Crippen LogP contribution in [0.25, 0.3) is 0 Å². The lowest BCUT2D eigenvalue weighted by Gasteiger charge is -2.06. The van der Waals surface area contributed by atoms with Crippen molar-refractivity contribution in [2.24, 2.45) is 7.05 Å². The molecule has 1 aromatic heterocycles. The van der Waals surface area contributed by atoms with Crippen LogP contribution in [0.3, 0.4) is 0 Å². The first-order valence-corrected chi connectivity index (χ1v) is 5.95. The Balaban J connectivity index is 2.28. The average Bonchev–Trinajstić information content (AvgIpc) is 2.38. The maximum Gasteiger partial charge on any atom is 0.364 e. The quantitative estimate of drug-likeness (QED) is 0.630. The van der Waals surface area contributed by atoms with Gasteiger partial charge in [0.2, 0.25) is 0 Å². The molecule has 0 radical (unpaired) electrons. The monoisotopic (exact) mass is 298 g/mol. The first kappa shape index (κ1) is 13.6. The summed E-state index contributed by atoms with van der Waals surface area (Å²) in [5.41, 5.74) is -0.324. The number of ether oxygens (including phenoxy) is 1. The number of rotatable bonds is 2. The molecule has 5 nitrogen and oxygen atoms in total. The molecule has 0 fully saturated rings. The summed E-state index contributed by atoms with van der Waals surface area (Å²) >= 11 is 11.7. The van der Waals surface area contributed by atoms with E-state index in [0.717, 1.165) is 4.68 Å². The first-order chi connectivity index (χ1) is 8.99. The molecule has 0 amide bonds. The molecule has 0 aliphatic heterocycles. The van der Waals surface area contributed by atoms with Crippen molar-refractivity contribution >= 4 is 29.2 Å². The number of halogens is 2. The van der Waals surface area contributed by atoms with Crippen LogP contribution < -0.4 is 10.3 Å². The lowest BCUT2D eigenvalue weighted by molar-refractivity contribution is 0.0726. The fraction of sp³-hybridized carbons (Fsp3) is 0.0833. The van der Waals surface area contributed by atoms with E-state index in [4.69, 9.17) is 27.9 Å². The van der Waals surface area contributed by atoms with E-state index in [1.165, 1.54) is 25.2 Å². The lowest BCUT2D eigenvalue weighted by atomic mass is 10.3. The first-order valence-electron chi connectivity index (χ1n) is 5.19. The molecule has 2 aromatic rings. The summed E-state index contributed by atoms with van der Waals surface area (Å²) in [6.45, 7) is 0. The highest BCUT2D eigenvalue weighted by atomic mass is 35.5. The van der Waals surface area contributed by atoms with Gasteiger partial charge in [0.15, 0.2) is 11.4 Å². The van der Waals surface area contributed by atoms with E-state index in [9.17, 15) is 9.59 Å². The van der Waals surface area contributed by atoms with Crippen LogP contribution in [0.1, 0.15) is 10.5 Å². The third kappa shape index (κ3) is 2.94. The van der Waals surface area contributed by atoms with Gasteiger partial charge in [-0.3, -0.25) is 4.79 Å².